The molecule has 2 aromatic carbocycles. The van der Waals surface area contributed by atoms with Gasteiger partial charge in [-0.15, -0.1) is 0 Å². The summed E-state index contributed by atoms with van der Waals surface area (Å²) < 4.78 is 15.5. The van der Waals surface area contributed by atoms with Crippen LogP contribution in [0.2, 0.25) is 0 Å². The average Bonchev–Trinajstić information content (AvgIpc) is 2.76. The summed E-state index contributed by atoms with van der Waals surface area (Å²) in [7, 11) is 3.24. The van der Waals surface area contributed by atoms with E-state index in [2.05, 4.69) is 16.0 Å². The number of methoxy groups -OCH3 is 2. The summed E-state index contributed by atoms with van der Waals surface area (Å²) in [6.45, 7) is 2.16. The Kier molecular flexibility index (Phi) is 10.2. The predicted molar refractivity (Wildman–Crippen MR) is 116 cm³/mol. The molecule has 0 atom stereocenters. The van der Waals surface area contributed by atoms with Gasteiger partial charge in [0.15, 0.2) is 0 Å². The van der Waals surface area contributed by atoms with E-state index in [9.17, 15) is 9.59 Å². The van der Waals surface area contributed by atoms with E-state index < -0.39 is 0 Å². The molecule has 0 aliphatic carbocycles. The normalized spacial score (nSPS) is 10.3. The van der Waals surface area contributed by atoms with E-state index in [4.69, 9.17) is 14.2 Å². The van der Waals surface area contributed by atoms with Crippen molar-refractivity contribution >= 4 is 23.2 Å². The van der Waals surface area contributed by atoms with E-state index >= 15 is 0 Å². The molecule has 8 heteroatoms. The van der Waals surface area contributed by atoms with Crippen molar-refractivity contribution in [1.82, 2.24) is 5.32 Å². The van der Waals surface area contributed by atoms with Gasteiger partial charge in [-0.2, -0.15) is 0 Å². The molecule has 162 valence electrons. The highest BCUT2D eigenvalue weighted by Gasteiger charge is 2.08. The van der Waals surface area contributed by atoms with Gasteiger partial charge in [-0.3, -0.25) is 9.59 Å². The van der Waals surface area contributed by atoms with Crippen LogP contribution in [0.25, 0.3) is 0 Å². The van der Waals surface area contributed by atoms with E-state index in [-0.39, 0.29) is 18.4 Å². The molecule has 0 fully saturated rings. The Hall–Kier alpha value is -3.10. The van der Waals surface area contributed by atoms with Crippen LogP contribution in [0.3, 0.4) is 0 Å². The highest BCUT2D eigenvalue weighted by molar-refractivity contribution is 5.98. The molecule has 0 aliphatic heterocycles. The van der Waals surface area contributed by atoms with Crippen molar-refractivity contribution < 1.29 is 23.8 Å². The lowest BCUT2D eigenvalue weighted by molar-refractivity contribution is -0.114. The van der Waals surface area contributed by atoms with Gasteiger partial charge in [-0.1, -0.05) is 12.1 Å². The Bertz CT molecular complexity index is 813. The van der Waals surface area contributed by atoms with Crippen LogP contribution in [0, 0.1) is 0 Å². The number of anilines is 2. The highest BCUT2D eigenvalue weighted by Crippen LogP contribution is 2.17. The van der Waals surface area contributed by atoms with Crippen molar-refractivity contribution in [3.8, 4) is 5.75 Å². The van der Waals surface area contributed by atoms with E-state index in [0.717, 1.165) is 12.1 Å². The molecular formula is C22H29N3O5. The topological polar surface area (TPSA) is 97.9 Å². The number of carbonyl (C=O) groups is 2. The maximum atomic E-state index is 12.3. The summed E-state index contributed by atoms with van der Waals surface area (Å²) >= 11 is 0. The number of ether oxygens (including phenoxy) is 3. The van der Waals surface area contributed by atoms with Gasteiger partial charge >= 0.3 is 0 Å². The van der Waals surface area contributed by atoms with Crippen LogP contribution >= 0.6 is 0 Å². The Labute approximate surface area is 176 Å². The van der Waals surface area contributed by atoms with Crippen LogP contribution in [0.4, 0.5) is 11.4 Å². The molecule has 0 saturated heterocycles. The van der Waals surface area contributed by atoms with Crippen molar-refractivity contribution in [3.05, 3.63) is 54.1 Å². The highest BCUT2D eigenvalue weighted by atomic mass is 16.5. The zero-order valence-electron chi connectivity index (χ0n) is 17.4. The summed E-state index contributed by atoms with van der Waals surface area (Å²) in [5, 5.41) is 8.67. The fourth-order valence-electron chi connectivity index (χ4n) is 2.58. The largest absolute Gasteiger partial charge is 0.491 e. The quantitative estimate of drug-likeness (QED) is 0.435. The first-order chi connectivity index (χ1) is 14.6. The van der Waals surface area contributed by atoms with Gasteiger partial charge in [-0.25, -0.2) is 0 Å². The van der Waals surface area contributed by atoms with Crippen molar-refractivity contribution in [2.45, 2.75) is 6.42 Å². The Morgan fingerprint density at radius 1 is 0.900 bits per heavy atom. The van der Waals surface area contributed by atoms with E-state index in [0.29, 0.717) is 43.4 Å². The molecule has 0 unspecified atom stereocenters. The number of hydrogen-bond donors (Lipinski definition) is 3. The molecule has 0 spiro atoms. The van der Waals surface area contributed by atoms with Crippen LogP contribution < -0.4 is 20.7 Å². The molecular weight excluding hydrogens is 386 g/mol. The van der Waals surface area contributed by atoms with Crippen molar-refractivity contribution in [1.29, 1.82) is 0 Å². The Morgan fingerprint density at radius 3 is 2.47 bits per heavy atom. The van der Waals surface area contributed by atoms with Crippen LogP contribution in [-0.2, 0) is 14.3 Å². The van der Waals surface area contributed by atoms with E-state index in [1.165, 1.54) is 0 Å². The number of hydrogen-bond acceptors (Lipinski definition) is 6. The van der Waals surface area contributed by atoms with Gasteiger partial charge in [-0.05, 0) is 36.8 Å². The van der Waals surface area contributed by atoms with Crippen molar-refractivity contribution in [2.24, 2.45) is 0 Å². The van der Waals surface area contributed by atoms with Gasteiger partial charge in [0.25, 0.3) is 5.91 Å². The minimum atomic E-state index is -0.224. The molecule has 0 bridgehead atoms. The summed E-state index contributed by atoms with van der Waals surface area (Å²) in [6.07, 6.45) is 0.739. The van der Waals surface area contributed by atoms with Crippen LogP contribution in [-0.4, -0.2) is 58.9 Å². The fourth-order valence-corrected chi connectivity index (χ4v) is 2.58. The molecule has 30 heavy (non-hydrogen) atoms. The van der Waals surface area contributed by atoms with Gasteiger partial charge in [0.2, 0.25) is 5.91 Å². The summed E-state index contributed by atoms with van der Waals surface area (Å²) in [6, 6.07) is 14.2. The molecule has 2 rings (SSSR count). The number of nitrogens with one attached hydrogen (secondary N) is 3. The lowest BCUT2D eigenvalue weighted by atomic mass is 10.2. The lowest BCUT2D eigenvalue weighted by Crippen LogP contribution is -2.25. The summed E-state index contributed by atoms with van der Waals surface area (Å²) in [5.41, 5.74) is 1.81. The Morgan fingerprint density at radius 2 is 1.67 bits per heavy atom. The second kappa shape index (κ2) is 13.2. The standard InChI is InChI=1S/C22H29N3O5/c1-28-11-5-10-23-22(27)17-6-3-8-19(14-17)25-21(26)16-24-18-7-4-9-20(15-18)30-13-12-29-2/h3-4,6-9,14-15,24H,5,10-13,16H2,1-2H3,(H,23,27)(H,25,26). The molecule has 3 N–H and O–H groups in total. The third-order valence-corrected chi connectivity index (χ3v) is 4.06. The van der Waals surface area contributed by atoms with Crippen LogP contribution in [0.15, 0.2) is 48.5 Å². The average molecular weight is 415 g/mol. The number of benzene rings is 2. The SMILES string of the molecule is COCCCNC(=O)c1cccc(NC(=O)CNc2cccc(OCCOC)c2)c1. The zero-order chi connectivity index (χ0) is 21.6. The molecule has 0 radical (unpaired) electrons. The molecule has 0 aliphatic rings. The van der Waals surface area contributed by atoms with Gasteiger partial charge in [0, 0.05) is 50.4 Å². The van der Waals surface area contributed by atoms with E-state index in [1.54, 1.807) is 38.5 Å². The lowest BCUT2D eigenvalue weighted by Gasteiger charge is -2.11. The van der Waals surface area contributed by atoms with Crippen molar-refractivity contribution in [3.63, 3.8) is 0 Å². The minimum Gasteiger partial charge on any atom is -0.491 e. The first-order valence-electron chi connectivity index (χ1n) is 9.75. The fraction of sp³-hybridized carbons (Fsp3) is 0.364. The van der Waals surface area contributed by atoms with Gasteiger partial charge < -0.3 is 30.2 Å². The third-order valence-electron chi connectivity index (χ3n) is 4.06. The predicted octanol–water partition coefficient (Wildman–Crippen LogP) is 2.53. The molecule has 0 heterocycles. The third kappa shape index (κ3) is 8.50. The molecule has 0 saturated carbocycles. The summed E-state index contributed by atoms with van der Waals surface area (Å²) in [5.74, 6) is 0.283. The number of carbonyl (C=O) groups excluding carboxylic acids is 2. The van der Waals surface area contributed by atoms with Gasteiger partial charge in [0.1, 0.15) is 12.4 Å². The molecule has 2 amide bonds. The summed E-state index contributed by atoms with van der Waals surface area (Å²) in [4.78, 5) is 24.5. The number of rotatable bonds is 13. The molecule has 0 aromatic heterocycles. The first kappa shape index (κ1) is 23.2. The molecule has 2 aromatic rings. The smallest absolute Gasteiger partial charge is 0.251 e. The first-order valence-corrected chi connectivity index (χ1v) is 9.75. The van der Waals surface area contributed by atoms with Crippen LogP contribution in [0.1, 0.15) is 16.8 Å². The van der Waals surface area contributed by atoms with Gasteiger partial charge in [0.05, 0.1) is 13.2 Å². The van der Waals surface area contributed by atoms with Crippen molar-refractivity contribution in [2.75, 3.05) is 57.8 Å². The second-order valence-electron chi connectivity index (χ2n) is 6.45. The number of amides is 2. The zero-order valence-corrected chi connectivity index (χ0v) is 17.4. The maximum absolute atomic E-state index is 12.3. The van der Waals surface area contributed by atoms with E-state index in [1.807, 2.05) is 24.3 Å². The maximum Gasteiger partial charge on any atom is 0.251 e. The monoisotopic (exact) mass is 415 g/mol. The van der Waals surface area contributed by atoms with Crippen LogP contribution in [0.5, 0.6) is 5.75 Å². The molecule has 8 nitrogen and oxygen atoms in total. The Balaban J connectivity index is 1.82. The second-order valence-corrected chi connectivity index (χ2v) is 6.45. The minimum absolute atomic E-state index is 0.0783.